The van der Waals surface area contributed by atoms with E-state index in [9.17, 15) is 14.9 Å². The number of benzene rings is 2. The fourth-order valence-electron chi connectivity index (χ4n) is 2.16. The smallest absolute Gasteiger partial charge is 0.312 e. The number of nitrogen functional groups attached to an aromatic ring is 1. The van der Waals surface area contributed by atoms with Crippen LogP contribution in [-0.2, 0) is 4.79 Å². The molecule has 0 radical (unpaired) electrons. The van der Waals surface area contributed by atoms with E-state index in [1.54, 1.807) is 18.2 Å². The highest BCUT2D eigenvalue weighted by Crippen LogP contribution is 2.29. The lowest BCUT2D eigenvalue weighted by molar-refractivity contribution is -0.385. The topological polar surface area (TPSA) is 117 Å². The number of carbonyl (C=O) groups is 1. The molecule has 132 valence electrons. The third-order valence-corrected chi connectivity index (χ3v) is 3.38. The molecule has 3 N–H and O–H groups in total. The summed E-state index contributed by atoms with van der Waals surface area (Å²) in [5.41, 5.74) is 6.43. The molecule has 0 spiro atoms. The molecule has 1 amide bonds. The van der Waals surface area contributed by atoms with Crippen LogP contribution in [0.5, 0.6) is 11.5 Å². The number of nitro benzene ring substituents is 1. The maximum absolute atomic E-state index is 11.9. The Morgan fingerprint density at radius 1 is 1.24 bits per heavy atom. The molecule has 2 aromatic rings. The predicted molar refractivity (Wildman–Crippen MR) is 93.9 cm³/mol. The number of hydrogen-bond acceptors (Lipinski definition) is 6. The summed E-state index contributed by atoms with van der Waals surface area (Å²) in [6.07, 6.45) is 0.699. The Morgan fingerprint density at radius 3 is 2.68 bits per heavy atom. The lowest BCUT2D eigenvalue weighted by atomic mass is 10.2. The average molecular weight is 345 g/mol. The summed E-state index contributed by atoms with van der Waals surface area (Å²) >= 11 is 0. The highest BCUT2D eigenvalue weighted by Gasteiger charge is 2.16. The zero-order valence-electron chi connectivity index (χ0n) is 13.7. The van der Waals surface area contributed by atoms with E-state index in [4.69, 9.17) is 15.2 Å². The Balaban J connectivity index is 1.83. The Kier molecular flexibility index (Phi) is 6.16. The molecule has 0 unspecified atom stereocenters. The zero-order valence-corrected chi connectivity index (χ0v) is 13.7. The van der Waals surface area contributed by atoms with Gasteiger partial charge in [-0.15, -0.1) is 0 Å². The molecule has 0 aliphatic heterocycles. The third kappa shape index (κ3) is 5.10. The molecule has 0 aliphatic rings. The van der Waals surface area contributed by atoms with E-state index < -0.39 is 4.92 Å². The van der Waals surface area contributed by atoms with Crippen molar-refractivity contribution in [2.75, 3.05) is 24.8 Å². The van der Waals surface area contributed by atoms with Crippen molar-refractivity contribution in [2.24, 2.45) is 0 Å². The van der Waals surface area contributed by atoms with Crippen molar-refractivity contribution in [1.82, 2.24) is 0 Å². The van der Waals surface area contributed by atoms with Crippen LogP contribution in [0.4, 0.5) is 17.1 Å². The number of nitrogens with one attached hydrogen (secondary N) is 1. The molecule has 0 aromatic heterocycles. The standard InChI is InChI=1S/C17H19N3O5/c1-24-16-9-8-12(11-14(16)20(22)23)19-17(21)7-4-10-25-15-6-3-2-5-13(15)18/h2-3,5-6,8-9,11H,4,7,10,18H2,1H3,(H,19,21). The molecular formula is C17H19N3O5. The molecule has 0 saturated carbocycles. The molecule has 2 aromatic carbocycles. The fourth-order valence-corrected chi connectivity index (χ4v) is 2.16. The van der Waals surface area contributed by atoms with Crippen LogP contribution in [-0.4, -0.2) is 24.5 Å². The van der Waals surface area contributed by atoms with Gasteiger partial charge >= 0.3 is 5.69 Å². The predicted octanol–water partition coefficient (Wildman–Crippen LogP) is 2.98. The number of methoxy groups -OCH3 is 1. The molecular weight excluding hydrogens is 326 g/mol. The van der Waals surface area contributed by atoms with Gasteiger partial charge in [-0.25, -0.2) is 0 Å². The number of amides is 1. The first-order valence-corrected chi connectivity index (χ1v) is 7.61. The number of rotatable bonds is 8. The van der Waals surface area contributed by atoms with Crippen LogP contribution in [0.1, 0.15) is 12.8 Å². The fraction of sp³-hybridized carbons (Fsp3) is 0.235. The van der Waals surface area contributed by atoms with Gasteiger partial charge in [-0.3, -0.25) is 14.9 Å². The van der Waals surface area contributed by atoms with E-state index in [1.807, 2.05) is 12.1 Å². The van der Waals surface area contributed by atoms with Crippen molar-refractivity contribution in [3.63, 3.8) is 0 Å². The van der Waals surface area contributed by atoms with E-state index in [0.29, 0.717) is 30.2 Å². The van der Waals surface area contributed by atoms with E-state index in [0.717, 1.165) is 0 Å². The van der Waals surface area contributed by atoms with Gasteiger partial charge in [-0.2, -0.15) is 0 Å². The Labute approximate surface area is 144 Å². The molecule has 0 fully saturated rings. The Hall–Kier alpha value is -3.29. The molecule has 2 rings (SSSR count). The maximum atomic E-state index is 11.9. The molecule has 0 bridgehead atoms. The second-order valence-corrected chi connectivity index (χ2v) is 5.18. The minimum absolute atomic E-state index is 0.136. The van der Waals surface area contributed by atoms with E-state index in [-0.39, 0.29) is 23.8 Å². The third-order valence-electron chi connectivity index (χ3n) is 3.38. The van der Waals surface area contributed by atoms with Gasteiger partial charge in [0.05, 0.1) is 24.3 Å². The van der Waals surface area contributed by atoms with Crippen LogP contribution in [0.2, 0.25) is 0 Å². The summed E-state index contributed by atoms with van der Waals surface area (Å²) in [5.74, 6) is 0.453. The monoisotopic (exact) mass is 345 g/mol. The van der Waals surface area contributed by atoms with Crippen molar-refractivity contribution in [2.45, 2.75) is 12.8 Å². The number of nitro groups is 1. The highest BCUT2D eigenvalue weighted by molar-refractivity contribution is 5.91. The number of anilines is 2. The van der Waals surface area contributed by atoms with Crippen LogP contribution in [0.3, 0.4) is 0 Å². The number of carbonyl (C=O) groups excluding carboxylic acids is 1. The first kappa shape index (κ1) is 18.1. The largest absolute Gasteiger partial charge is 0.491 e. The van der Waals surface area contributed by atoms with Crippen molar-refractivity contribution >= 4 is 23.0 Å². The van der Waals surface area contributed by atoms with Gasteiger partial charge in [0, 0.05) is 18.2 Å². The molecule has 0 saturated heterocycles. The quantitative estimate of drug-likeness (QED) is 0.329. The van der Waals surface area contributed by atoms with Gasteiger partial charge in [0.15, 0.2) is 5.75 Å². The molecule has 8 heteroatoms. The molecule has 25 heavy (non-hydrogen) atoms. The normalized spacial score (nSPS) is 10.1. The highest BCUT2D eigenvalue weighted by atomic mass is 16.6. The summed E-state index contributed by atoms with van der Waals surface area (Å²) in [5, 5.41) is 13.6. The van der Waals surface area contributed by atoms with Crippen molar-refractivity contribution in [3.05, 3.63) is 52.6 Å². The summed E-state index contributed by atoms with van der Waals surface area (Å²) in [6, 6.07) is 11.4. The van der Waals surface area contributed by atoms with Gasteiger partial charge in [-0.05, 0) is 30.7 Å². The minimum Gasteiger partial charge on any atom is -0.491 e. The molecule has 0 atom stereocenters. The van der Waals surface area contributed by atoms with Gasteiger partial charge in [-0.1, -0.05) is 12.1 Å². The number of hydrogen-bond donors (Lipinski definition) is 2. The second kappa shape index (κ2) is 8.53. The SMILES string of the molecule is COc1ccc(NC(=O)CCCOc2ccccc2N)cc1[N+](=O)[O-]. The Morgan fingerprint density at radius 2 is 2.00 bits per heavy atom. The van der Waals surface area contributed by atoms with Crippen molar-refractivity contribution in [3.8, 4) is 11.5 Å². The van der Waals surface area contributed by atoms with Gasteiger partial charge in [0.1, 0.15) is 5.75 Å². The average Bonchev–Trinajstić information content (AvgIpc) is 2.60. The van der Waals surface area contributed by atoms with Crippen LogP contribution in [0.15, 0.2) is 42.5 Å². The molecule has 0 heterocycles. The first-order valence-electron chi connectivity index (χ1n) is 7.61. The van der Waals surface area contributed by atoms with Gasteiger partial charge < -0.3 is 20.5 Å². The second-order valence-electron chi connectivity index (χ2n) is 5.18. The van der Waals surface area contributed by atoms with Crippen LogP contribution >= 0.6 is 0 Å². The number of nitrogens with two attached hydrogens (primary N) is 1. The summed E-state index contributed by atoms with van der Waals surface area (Å²) in [4.78, 5) is 22.3. The van der Waals surface area contributed by atoms with Gasteiger partial charge in [0.25, 0.3) is 0 Å². The maximum Gasteiger partial charge on any atom is 0.312 e. The molecule has 8 nitrogen and oxygen atoms in total. The molecule has 0 aliphatic carbocycles. The summed E-state index contributed by atoms with van der Waals surface area (Å²) in [6.45, 7) is 0.338. The van der Waals surface area contributed by atoms with Gasteiger partial charge in [0.2, 0.25) is 5.91 Å². The summed E-state index contributed by atoms with van der Waals surface area (Å²) < 4.78 is 10.4. The van der Waals surface area contributed by atoms with Crippen molar-refractivity contribution in [1.29, 1.82) is 0 Å². The van der Waals surface area contributed by atoms with Crippen LogP contribution in [0, 0.1) is 10.1 Å². The minimum atomic E-state index is -0.563. The summed E-state index contributed by atoms with van der Waals surface area (Å²) in [7, 11) is 1.35. The number of ether oxygens (including phenoxy) is 2. The zero-order chi connectivity index (χ0) is 18.2. The van der Waals surface area contributed by atoms with Crippen LogP contribution in [0.25, 0.3) is 0 Å². The number of para-hydroxylation sites is 2. The Bertz CT molecular complexity index is 764. The van der Waals surface area contributed by atoms with Crippen LogP contribution < -0.4 is 20.5 Å². The first-order chi connectivity index (χ1) is 12.0. The van der Waals surface area contributed by atoms with E-state index in [2.05, 4.69) is 5.32 Å². The number of nitrogens with zero attached hydrogens (tertiary/aromatic N) is 1. The lowest BCUT2D eigenvalue weighted by Gasteiger charge is -2.09. The van der Waals surface area contributed by atoms with E-state index >= 15 is 0 Å². The lowest BCUT2D eigenvalue weighted by Crippen LogP contribution is -2.13. The van der Waals surface area contributed by atoms with E-state index in [1.165, 1.54) is 19.2 Å². The van der Waals surface area contributed by atoms with Crippen molar-refractivity contribution < 1.29 is 19.2 Å².